The molecule has 0 radical (unpaired) electrons. The van der Waals surface area contributed by atoms with Gasteiger partial charge in [-0.05, 0) is 31.0 Å². The highest BCUT2D eigenvalue weighted by Gasteiger charge is 2.24. The summed E-state index contributed by atoms with van der Waals surface area (Å²) in [5.74, 6) is -1.59. The summed E-state index contributed by atoms with van der Waals surface area (Å²) in [5.41, 5.74) is 0.207. The van der Waals surface area contributed by atoms with Crippen LogP contribution in [0.15, 0.2) is 18.2 Å². The largest absolute Gasteiger partial charge is 0.478 e. The van der Waals surface area contributed by atoms with Gasteiger partial charge in [-0.15, -0.1) is 0 Å². The molecule has 0 aliphatic heterocycles. The van der Waals surface area contributed by atoms with Crippen LogP contribution in [0.4, 0.5) is 10.1 Å². The molecule has 1 aliphatic carbocycles. The van der Waals surface area contributed by atoms with Gasteiger partial charge in [-0.2, -0.15) is 0 Å². The van der Waals surface area contributed by atoms with Crippen molar-refractivity contribution in [3.05, 3.63) is 29.6 Å². The van der Waals surface area contributed by atoms with E-state index in [4.69, 9.17) is 5.11 Å². The smallest absolute Gasteiger partial charge is 0.335 e. The highest BCUT2D eigenvalue weighted by atomic mass is 19.1. The first-order valence-electron chi connectivity index (χ1n) is 6.02. The van der Waals surface area contributed by atoms with E-state index in [1.54, 1.807) is 0 Å². The second-order valence-corrected chi connectivity index (χ2v) is 4.64. The second-order valence-electron chi connectivity index (χ2n) is 4.64. The van der Waals surface area contributed by atoms with Gasteiger partial charge in [-0.1, -0.05) is 6.42 Å². The van der Waals surface area contributed by atoms with Gasteiger partial charge in [0.1, 0.15) is 5.82 Å². The zero-order chi connectivity index (χ0) is 13.1. The molecule has 3 N–H and O–H groups in total. The summed E-state index contributed by atoms with van der Waals surface area (Å²) >= 11 is 0. The van der Waals surface area contributed by atoms with Crippen molar-refractivity contribution in [2.45, 2.75) is 25.4 Å². The van der Waals surface area contributed by atoms with E-state index in [9.17, 15) is 14.3 Å². The van der Waals surface area contributed by atoms with Crippen LogP contribution in [0.1, 0.15) is 29.6 Å². The van der Waals surface area contributed by atoms with E-state index in [1.807, 2.05) is 0 Å². The van der Waals surface area contributed by atoms with Gasteiger partial charge in [0, 0.05) is 12.5 Å². The highest BCUT2D eigenvalue weighted by Crippen LogP contribution is 2.26. The van der Waals surface area contributed by atoms with E-state index in [0.29, 0.717) is 6.54 Å². The SMILES string of the molecule is O=C(O)c1ccc(NCC2CCCC2O)c(F)c1. The Hall–Kier alpha value is -1.62. The number of aliphatic hydroxyl groups is 1. The van der Waals surface area contributed by atoms with E-state index < -0.39 is 11.8 Å². The predicted molar refractivity (Wildman–Crippen MR) is 65.2 cm³/mol. The molecule has 2 atom stereocenters. The topological polar surface area (TPSA) is 69.6 Å². The van der Waals surface area contributed by atoms with Gasteiger partial charge in [0.05, 0.1) is 17.4 Å². The minimum Gasteiger partial charge on any atom is -0.478 e. The maximum atomic E-state index is 13.6. The summed E-state index contributed by atoms with van der Waals surface area (Å²) in [6.45, 7) is 0.504. The Morgan fingerprint density at radius 2 is 2.22 bits per heavy atom. The number of aliphatic hydroxyl groups excluding tert-OH is 1. The Bertz CT molecular complexity index is 450. The van der Waals surface area contributed by atoms with Crippen molar-refractivity contribution in [3.8, 4) is 0 Å². The molecule has 1 aliphatic rings. The number of carboxylic acids is 1. The van der Waals surface area contributed by atoms with Crippen LogP contribution in [0.2, 0.25) is 0 Å². The van der Waals surface area contributed by atoms with Crippen LogP contribution >= 0.6 is 0 Å². The summed E-state index contributed by atoms with van der Waals surface area (Å²) in [6.07, 6.45) is 2.41. The van der Waals surface area contributed by atoms with Crippen molar-refractivity contribution in [3.63, 3.8) is 0 Å². The molecule has 0 aromatic heterocycles. The molecule has 2 rings (SSSR count). The van der Waals surface area contributed by atoms with E-state index in [1.165, 1.54) is 12.1 Å². The number of hydrogen-bond donors (Lipinski definition) is 3. The van der Waals surface area contributed by atoms with Gasteiger partial charge in [-0.25, -0.2) is 9.18 Å². The van der Waals surface area contributed by atoms with E-state index in [-0.39, 0.29) is 23.3 Å². The summed E-state index contributed by atoms with van der Waals surface area (Å²) < 4.78 is 13.6. The number of nitrogens with one attached hydrogen (secondary N) is 1. The summed E-state index contributed by atoms with van der Waals surface area (Å²) in [6, 6.07) is 3.77. The van der Waals surface area contributed by atoms with Gasteiger partial charge >= 0.3 is 5.97 Å². The lowest BCUT2D eigenvalue weighted by atomic mass is 10.1. The fourth-order valence-electron chi connectivity index (χ4n) is 2.29. The summed E-state index contributed by atoms with van der Waals surface area (Å²) in [7, 11) is 0. The third-order valence-electron chi connectivity index (χ3n) is 3.39. The van der Waals surface area contributed by atoms with Crippen molar-refractivity contribution in [2.75, 3.05) is 11.9 Å². The molecule has 0 heterocycles. The summed E-state index contributed by atoms with van der Waals surface area (Å²) in [5, 5.41) is 21.3. The predicted octanol–water partition coefficient (Wildman–Crippen LogP) is 2.10. The Morgan fingerprint density at radius 3 is 2.78 bits per heavy atom. The molecule has 0 saturated heterocycles. The average molecular weight is 253 g/mol. The monoisotopic (exact) mass is 253 g/mol. The molecule has 0 amide bonds. The number of benzene rings is 1. The van der Waals surface area contributed by atoms with Gasteiger partial charge in [0.2, 0.25) is 0 Å². The molecule has 1 saturated carbocycles. The second kappa shape index (κ2) is 5.35. The van der Waals surface area contributed by atoms with E-state index in [2.05, 4.69) is 5.32 Å². The minimum atomic E-state index is -1.15. The van der Waals surface area contributed by atoms with E-state index >= 15 is 0 Å². The molecule has 4 nitrogen and oxygen atoms in total. The zero-order valence-electron chi connectivity index (χ0n) is 9.90. The maximum Gasteiger partial charge on any atom is 0.335 e. The van der Waals surface area contributed by atoms with Gasteiger partial charge in [0.15, 0.2) is 0 Å². The van der Waals surface area contributed by atoms with Crippen LogP contribution in [-0.4, -0.2) is 28.8 Å². The van der Waals surface area contributed by atoms with Crippen LogP contribution in [0, 0.1) is 11.7 Å². The van der Waals surface area contributed by atoms with Crippen molar-refractivity contribution < 1.29 is 19.4 Å². The number of aromatic carboxylic acids is 1. The third kappa shape index (κ3) is 2.79. The Labute approximate surface area is 104 Å². The van der Waals surface area contributed by atoms with Gasteiger partial charge in [0.25, 0.3) is 0 Å². The van der Waals surface area contributed by atoms with Crippen molar-refractivity contribution in [1.29, 1.82) is 0 Å². The number of carbonyl (C=O) groups is 1. The van der Waals surface area contributed by atoms with Crippen molar-refractivity contribution >= 4 is 11.7 Å². The first-order valence-corrected chi connectivity index (χ1v) is 6.02. The molecule has 1 aromatic carbocycles. The number of rotatable bonds is 4. The quantitative estimate of drug-likeness (QED) is 0.768. The zero-order valence-corrected chi connectivity index (χ0v) is 9.90. The minimum absolute atomic E-state index is 0.0704. The lowest BCUT2D eigenvalue weighted by molar-refractivity contribution is 0.0696. The standard InChI is InChI=1S/C13H16FNO3/c14-10-6-8(13(17)18)4-5-11(10)15-7-9-2-1-3-12(9)16/h4-6,9,12,15-16H,1-3,7H2,(H,17,18). The molecule has 2 unspecified atom stereocenters. The van der Waals surface area contributed by atoms with Crippen LogP contribution in [0.25, 0.3) is 0 Å². The van der Waals surface area contributed by atoms with Gasteiger partial charge in [-0.3, -0.25) is 0 Å². The Balaban J connectivity index is 1.99. The molecule has 18 heavy (non-hydrogen) atoms. The van der Waals surface area contributed by atoms with Crippen molar-refractivity contribution in [1.82, 2.24) is 0 Å². The molecule has 1 fully saturated rings. The molecular weight excluding hydrogens is 237 g/mol. The number of halogens is 1. The first-order chi connectivity index (χ1) is 8.58. The molecule has 0 spiro atoms. The Kier molecular flexibility index (Phi) is 3.81. The molecule has 1 aromatic rings. The van der Waals surface area contributed by atoms with Crippen LogP contribution < -0.4 is 5.32 Å². The summed E-state index contributed by atoms with van der Waals surface area (Å²) in [4.78, 5) is 10.7. The van der Waals surface area contributed by atoms with Gasteiger partial charge < -0.3 is 15.5 Å². The molecule has 0 bridgehead atoms. The normalized spacial score (nSPS) is 23.0. The molecule has 5 heteroatoms. The molecular formula is C13H16FNO3. The average Bonchev–Trinajstić information content (AvgIpc) is 2.73. The van der Waals surface area contributed by atoms with Crippen LogP contribution in [0.3, 0.4) is 0 Å². The maximum absolute atomic E-state index is 13.6. The molecule has 98 valence electrons. The lowest BCUT2D eigenvalue weighted by Gasteiger charge is -2.16. The fraction of sp³-hybridized carbons (Fsp3) is 0.462. The first kappa shape index (κ1) is 12.8. The van der Waals surface area contributed by atoms with Crippen LogP contribution in [0.5, 0.6) is 0 Å². The lowest BCUT2D eigenvalue weighted by Crippen LogP contribution is -2.22. The number of carboxylic acid groups (broad SMARTS) is 1. The van der Waals surface area contributed by atoms with Crippen molar-refractivity contribution in [2.24, 2.45) is 5.92 Å². The highest BCUT2D eigenvalue weighted by molar-refractivity contribution is 5.88. The number of anilines is 1. The number of hydrogen-bond acceptors (Lipinski definition) is 3. The van der Waals surface area contributed by atoms with E-state index in [0.717, 1.165) is 25.3 Å². The third-order valence-corrected chi connectivity index (χ3v) is 3.39. The Morgan fingerprint density at radius 1 is 1.44 bits per heavy atom. The van der Waals surface area contributed by atoms with Crippen LogP contribution in [-0.2, 0) is 0 Å². The fourth-order valence-corrected chi connectivity index (χ4v) is 2.29.